The van der Waals surface area contributed by atoms with Crippen molar-refractivity contribution in [2.24, 2.45) is 29.1 Å². The van der Waals surface area contributed by atoms with Gasteiger partial charge in [-0.15, -0.1) is 6.42 Å². The fraction of sp³-hybridized carbons (Fsp3) is 0.760. The first-order valence-corrected chi connectivity index (χ1v) is 16.4. The number of amides is 1. The molecule has 3 fully saturated rings. The molecule has 3 saturated carbocycles. The Labute approximate surface area is 217 Å². The van der Waals surface area contributed by atoms with E-state index in [0.717, 1.165) is 38.5 Å². The zero-order valence-electron chi connectivity index (χ0n) is 21.0. The molecule has 0 aromatic carbocycles. The largest absolute Gasteiger partial charge is 0.429 e. The van der Waals surface area contributed by atoms with Gasteiger partial charge in [-0.3, -0.25) is 13.9 Å². The van der Waals surface area contributed by atoms with Crippen LogP contribution in [0.2, 0.25) is 0 Å². The van der Waals surface area contributed by atoms with Crippen molar-refractivity contribution in [1.29, 1.82) is 0 Å². The lowest BCUT2D eigenvalue weighted by Crippen LogP contribution is -2.54. The van der Waals surface area contributed by atoms with Gasteiger partial charge in [0.1, 0.15) is 0 Å². The van der Waals surface area contributed by atoms with Crippen molar-refractivity contribution in [2.45, 2.75) is 82.1 Å². The minimum absolute atomic E-state index is 0.0531. The molecule has 5 N–H and O–H groups in total. The van der Waals surface area contributed by atoms with E-state index in [1.54, 1.807) is 0 Å². The average Bonchev–Trinajstić information content (AvgIpc) is 3.09. The maximum atomic E-state index is 12.7. The molecule has 0 unspecified atom stereocenters. The molecule has 0 bridgehead atoms. The molecule has 6 atom stereocenters. The highest BCUT2D eigenvalue weighted by Crippen LogP contribution is 2.66. The second-order valence-electron chi connectivity index (χ2n) is 11.4. The second-order valence-corrected chi connectivity index (χ2v) is 15.4. The van der Waals surface area contributed by atoms with Gasteiger partial charge in [0, 0.05) is 18.4 Å². The standard InChI is InChI=1S/C25H37NO9P2/c1-3-25(35-23(28)26-14-4-5-22(36(29,30)31)37(32,33)34)13-11-21-20-8-6-16-15-17(27)7-9-18(16)19(20)10-12-24(21,25)2/h1,15,18-22H,4-14H2,2H3,(H,26,28)(H2,29,30,31)(H2,32,33,34)/t18-,19+,20+,21-,24-,25-/m0/s1. The van der Waals surface area contributed by atoms with E-state index in [4.69, 9.17) is 11.2 Å². The summed E-state index contributed by atoms with van der Waals surface area (Å²) in [5.74, 6) is 4.79. The molecule has 0 heterocycles. The maximum Gasteiger partial charge on any atom is 0.408 e. The van der Waals surface area contributed by atoms with Gasteiger partial charge in [0.15, 0.2) is 16.8 Å². The summed E-state index contributed by atoms with van der Waals surface area (Å²) < 4.78 is 28.8. The van der Waals surface area contributed by atoms with Gasteiger partial charge in [0.05, 0.1) is 0 Å². The number of hydrogen-bond acceptors (Lipinski definition) is 5. The predicted octanol–water partition coefficient (Wildman–Crippen LogP) is 3.69. The van der Waals surface area contributed by atoms with Gasteiger partial charge < -0.3 is 29.6 Å². The highest BCUT2D eigenvalue weighted by Gasteiger charge is 2.64. The van der Waals surface area contributed by atoms with Gasteiger partial charge in [-0.25, -0.2) is 4.79 Å². The topological polar surface area (TPSA) is 170 Å². The number of alkyl carbamates (subject to hydrolysis) is 1. The van der Waals surface area contributed by atoms with Crippen molar-refractivity contribution in [3.8, 4) is 12.3 Å². The van der Waals surface area contributed by atoms with Crippen LogP contribution in [0.4, 0.5) is 4.79 Å². The first-order valence-electron chi connectivity index (χ1n) is 13.0. The van der Waals surface area contributed by atoms with Crippen molar-refractivity contribution >= 4 is 27.1 Å². The molecule has 10 nitrogen and oxygen atoms in total. The van der Waals surface area contributed by atoms with E-state index in [-0.39, 0.29) is 18.7 Å². The Balaban J connectivity index is 1.39. The normalized spacial score (nSPS) is 35.6. The Hall–Kier alpha value is -1.46. The summed E-state index contributed by atoms with van der Waals surface area (Å²) in [6.45, 7) is 2.05. The summed E-state index contributed by atoms with van der Waals surface area (Å²) in [6.07, 6.45) is 13.3. The van der Waals surface area contributed by atoms with E-state index in [9.17, 15) is 38.3 Å². The zero-order chi connectivity index (χ0) is 27.2. The summed E-state index contributed by atoms with van der Waals surface area (Å²) in [5, 5.41) is 0.431. The molecule has 37 heavy (non-hydrogen) atoms. The molecule has 0 saturated heterocycles. The number of ketones is 1. The fourth-order valence-corrected chi connectivity index (χ4v) is 10.4. The molecule has 4 aliphatic carbocycles. The van der Waals surface area contributed by atoms with Crippen LogP contribution in [0, 0.1) is 41.4 Å². The summed E-state index contributed by atoms with van der Waals surface area (Å²) in [4.78, 5) is 61.6. The minimum Gasteiger partial charge on any atom is -0.429 e. The molecule has 4 rings (SSSR count). The highest BCUT2D eigenvalue weighted by atomic mass is 31.2. The van der Waals surface area contributed by atoms with Crippen LogP contribution in [0.25, 0.3) is 0 Å². The number of carbonyl (C=O) groups excluding carboxylic acids is 2. The SMILES string of the molecule is C#C[C@]1(OC(=O)NCCCC(P(=O)(O)O)P(=O)(O)O)CC[C@H]2[C@@H]3CCC4=CC(=O)CC[C@@H]4[C@H]3CC[C@@]21C. The van der Waals surface area contributed by atoms with Crippen molar-refractivity contribution in [1.82, 2.24) is 5.32 Å². The maximum absolute atomic E-state index is 12.7. The third-order valence-electron chi connectivity index (χ3n) is 9.60. The molecule has 0 aromatic heterocycles. The van der Waals surface area contributed by atoms with Gasteiger partial charge in [0.2, 0.25) is 0 Å². The zero-order valence-corrected chi connectivity index (χ0v) is 22.8. The van der Waals surface area contributed by atoms with Gasteiger partial charge in [0.25, 0.3) is 0 Å². The Morgan fingerprint density at radius 3 is 2.49 bits per heavy atom. The number of terminal acetylenes is 1. The van der Waals surface area contributed by atoms with E-state index in [1.807, 2.05) is 6.08 Å². The number of hydrogen-bond donors (Lipinski definition) is 5. The number of nitrogens with one attached hydrogen (secondary N) is 1. The average molecular weight is 558 g/mol. The van der Waals surface area contributed by atoms with Crippen LogP contribution in [0.15, 0.2) is 11.6 Å². The number of fused-ring (bicyclic) bond motifs is 5. The summed E-state index contributed by atoms with van der Waals surface area (Å²) in [5.41, 5.74) is -0.165. The van der Waals surface area contributed by atoms with Crippen molar-refractivity contribution in [3.63, 3.8) is 0 Å². The quantitative estimate of drug-likeness (QED) is 0.178. The minimum atomic E-state index is -5.00. The molecular weight excluding hydrogens is 520 g/mol. The van der Waals surface area contributed by atoms with Crippen molar-refractivity contribution < 1.29 is 43.0 Å². The molecular formula is C25H37NO9P2. The third-order valence-corrected chi connectivity index (χ3v) is 13.5. The Kier molecular flexibility index (Phi) is 7.92. The summed E-state index contributed by atoms with van der Waals surface area (Å²) in [6, 6.07) is 0. The lowest BCUT2D eigenvalue weighted by Gasteiger charge is -2.55. The predicted molar refractivity (Wildman–Crippen MR) is 135 cm³/mol. The van der Waals surface area contributed by atoms with Crippen molar-refractivity contribution in [3.05, 3.63) is 11.6 Å². The second kappa shape index (κ2) is 10.3. The molecule has 0 radical (unpaired) electrons. The van der Waals surface area contributed by atoms with Crippen LogP contribution >= 0.6 is 15.2 Å². The molecule has 4 aliphatic rings. The lowest BCUT2D eigenvalue weighted by molar-refractivity contribution is -0.116. The van der Waals surface area contributed by atoms with Crippen LogP contribution in [0.1, 0.15) is 71.1 Å². The van der Waals surface area contributed by atoms with Gasteiger partial charge in [-0.2, -0.15) is 0 Å². The van der Waals surface area contributed by atoms with E-state index in [2.05, 4.69) is 18.2 Å². The molecule has 0 aromatic rings. The molecule has 12 heteroatoms. The lowest BCUT2D eigenvalue weighted by atomic mass is 9.50. The number of allylic oxidation sites excluding steroid dienone is 1. The van der Waals surface area contributed by atoms with E-state index in [0.29, 0.717) is 36.5 Å². The Morgan fingerprint density at radius 1 is 1.14 bits per heavy atom. The van der Waals surface area contributed by atoms with Gasteiger partial charge in [-0.1, -0.05) is 18.4 Å². The summed E-state index contributed by atoms with van der Waals surface area (Å²) in [7, 11) is -10.0. The van der Waals surface area contributed by atoms with E-state index in [1.165, 1.54) is 5.57 Å². The van der Waals surface area contributed by atoms with Crippen LogP contribution in [-0.4, -0.2) is 49.0 Å². The first kappa shape index (κ1) is 28.5. The molecule has 0 aliphatic heterocycles. The number of carbonyl (C=O) groups is 2. The van der Waals surface area contributed by atoms with Crippen LogP contribution < -0.4 is 5.32 Å². The van der Waals surface area contributed by atoms with E-state index < -0.39 is 44.1 Å². The number of ether oxygens (including phenoxy) is 1. The fourth-order valence-electron chi connectivity index (χ4n) is 7.81. The first-order chi connectivity index (χ1) is 17.2. The van der Waals surface area contributed by atoms with Crippen LogP contribution in [0.5, 0.6) is 0 Å². The van der Waals surface area contributed by atoms with Crippen LogP contribution in [-0.2, 0) is 18.7 Å². The smallest absolute Gasteiger partial charge is 0.408 e. The van der Waals surface area contributed by atoms with Crippen molar-refractivity contribution in [2.75, 3.05) is 6.54 Å². The third kappa shape index (κ3) is 5.37. The molecule has 1 amide bonds. The van der Waals surface area contributed by atoms with Crippen LogP contribution in [0.3, 0.4) is 0 Å². The Morgan fingerprint density at radius 2 is 1.84 bits per heavy atom. The van der Waals surface area contributed by atoms with Gasteiger partial charge in [-0.05, 0) is 87.5 Å². The summed E-state index contributed by atoms with van der Waals surface area (Å²) >= 11 is 0. The highest BCUT2D eigenvalue weighted by molar-refractivity contribution is 7.70. The molecule has 206 valence electrons. The Bertz CT molecular complexity index is 1080. The number of rotatable bonds is 7. The molecule has 0 spiro atoms. The van der Waals surface area contributed by atoms with E-state index >= 15 is 0 Å². The monoisotopic (exact) mass is 557 g/mol. The van der Waals surface area contributed by atoms with Gasteiger partial charge >= 0.3 is 21.3 Å².